The third-order valence-corrected chi connectivity index (χ3v) is 2.07. The third kappa shape index (κ3) is 9.58. The molecule has 0 spiro atoms. The van der Waals surface area contributed by atoms with E-state index in [1.807, 2.05) is 0 Å². The topological polar surface area (TPSA) is 0 Å². The molecule has 0 amide bonds. The molecule has 0 aromatic carbocycles. The van der Waals surface area contributed by atoms with Crippen molar-refractivity contribution < 1.29 is 48.4 Å². The molecule has 0 nitrogen and oxygen atoms in total. The predicted octanol–water partition coefficient (Wildman–Crippen LogP) is 3.31. The molecular weight excluding hydrogens is 248 g/mol. The van der Waals surface area contributed by atoms with Crippen LogP contribution in [0.5, 0.6) is 0 Å². The van der Waals surface area contributed by atoms with Crippen molar-refractivity contribution in [1.82, 2.24) is 0 Å². The van der Waals surface area contributed by atoms with Crippen LogP contribution >= 0.6 is 0 Å². The van der Waals surface area contributed by atoms with Crippen LogP contribution < -0.4 is 0 Å². The van der Waals surface area contributed by atoms with Gasteiger partial charge < -0.3 is 0 Å². The average molecular weight is 266 g/mol. The molecule has 0 N–H and O–H groups in total. The summed E-state index contributed by atoms with van der Waals surface area (Å²) >= 11 is 1.74. The number of unbranched alkanes of at least 4 members (excludes halogenated alkanes) is 3. The van der Waals surface area contributed by atoms with Crippen LogP contribution in [0.1, 0.15) is 46.8 Å². The minimum absolute atomic E-state index is 0.230. The van der Waals surface area contributed by atoms with Gasteiger partial charge in [0.25, 0.3) is 0 Å². The van der Waals surface area contributed by atoms with E-state index in [-0.39, 0.29) is 6.40 Å². The van der Waals surface area contributed by atoms with Gasteiger partial charge in [0.15, 0.2) is 0 Å². The van der Waals surface area contributed by atoms with Gasteiger partial charge in [-0.15, -0.1) is 0 Å². The average Bonchev–Trinajstić information content (AvgIpc) is 1.98. The van der Waals surface area contributed by atoms with Crippen LogP contribution in [0.25, 0.3) is 0 Å². The molecule has 0 aromatic heterocycles. The molecular formula is C8H17Eu. The zero-order valence-electron chi connectivity index (χ0n) is 7.20. The normalized spacial score (nSPS) is 15.1. The summed E-state index contributed by atoms with van der Waals surface area (Å²) in [5, 5.41) is 0. The molecule has 0 aliphatic rings. The first-order valence-electron chi connectivity index (χ1n) is 4.37. The van der Waals surface area contributed by atoms with Gasteiger partial charge in [0, 0.05) is 0 Å². The van der Waals surface area contributed by atoms with E-state index in [2.05, 4.69) is 6.92 Å². The van der Waals surface area contributed by atoms with Gasteiger partial charge in [0.2, 0.25) is 0 Å². The van der Waals surface area contributed by atoms with Crippen molar-refractivity contribution >= 4 is 0 Å². The van der Waals surface area contributed by atoms with Crippen molar-refractivity contribution in [2.45, 2.75) is 46.2 Å². The molecule has 1 atom stereocenters. The molecule has 1 heteroatoms. The Morgan fingerprint density at radius 3 is 2.44 bits per heavy atom. The van der Waals surface area contributed by atoms with Gasteiger partial charge >= 0.3 is 94.6 Å². The maximum absolute atomic E-state index is 7.47. The predicted molar refractivity (Wildman–Crippen MR) is 38.2 cm³/mol. The quantitative estimate of drug-likeness (QED) is 0.647. The fourth-order valence-corrected chi connectivity index (χ4v) is 1.29. The van der Waals surface area contributed by atoms with Crippen molar-refractivity contribution in [3.63, 3.8) is 0 Å². The second-order valence-corrected chi connectivity index (χ2v) is 3.28. The van der Waals surface area contributed by atoms with Crippen molar-refractivity contribution in [1.29, 1.82) is 0 Å². The first kappa shape index (κ1) is 8.68. The second-order valence-electron chi connectivity index (χ2n) is 2.29. The van der Waals surface area contributed by atoms with E-state index in [0.29, 0.717) is 0 Å². The molecule has 0 aromatic rings. The summed E-state index contributed by atoms with van der Waals surface area (Å²) in [7, 11) is 0. The second kappa shape index (κ2) is 9.58. The molecule has 56 valence electrons. The Morgan fingerprint density at radius 1 is 1.22 bits per heavy atom. The van der Waals surface area contributed by atoms with Crippen molar-refractivity contribution in [3.8, 4) is 0 Å². The summed E-state index contributed by atoms with van der Waals surface area (Å²) < 4.78 is 8.55. The monoisotopic (exact) mass is 267 g/mol. The van der Waals surface area contributed by atoms with Crippen LogP contribution in [0.2, 0.25) is 0.815 Å². The standard InChI is InChI=1S/C8H17.Eu/c1-3-5-7-8-6-4-2;/h1,3-8H2,2H3;/i3D;. The zero-order chi connectivity index (χ0) is 7.82. The molecule has 9 heavy (non-hydrogen) atoms. The Balaban J connectivity index is 2.89. The summed E-state index contributed by atoms with van der Waals surface area (Å²) in [6.07, 6.45) is 6.60. The number of rotatable bonds is 6. The van der Waals surface area contributed by atoms with Crippen LogP contribution in [0.3, 0.4) is 0 Å². The van der Waals surface area contributed by atoms with E-state index >= 15 is 0 Å². The van der Waals surface area contributed by atoms with E-state index in [4.69, 9.17) is 1.37 Å². The SMILES string of the molecule is [2H]C([CH2][Eu])CCCCCC. The molecule has 0 aliphatic heterocycles. The fourth-order valence-electron chi connectivity index (χ4n) is 0.793. The van der Waals surface area contributed by atoms with E-state index in [1.54, 1.807) is 47.0 Å². The fraction of sp³-hybridized carbons (Fsp3) is 1.00. The molecule has 0 bridgehead atoms. The van der Waals surface area contributed by atoms with Crippen LogP contribution in [0.15, 0.2) is 0 Å². The van der Waals surface area contributed by atoms with Gasteiger partial charge in [0.1, 0.15) is 0 Å². The van der Waals surface area contributed by atoms with Crippen molar-refractivity contribution in [3.05, 3.63) is 0 Å². The molecule has 0 saturated carbocycles. The van der Waals surface area contributed by atoms with Crippen LogP contribution in [-0.4, -0.2) is 0 Å². The van der Waals surface area contributed by atoms with Crippen molar-refractivity contribution in [2.24, 2.45) is 0 Å². The number of hydrogen-bond donors (Lipinski definition) is 0. The first-order valence-corrected chi connectivity index (χ1v) is 5.51. The molecule has 0 saturated heterocycles. The van der Waals surface area contributed by atoms with E-state index in [9.17, 15) is 0 Å². The molecule has 1 unspecified atom stereocenters. The van der Waals surface area contributed by atoms with Gasteiger partial charge in [-0.3, -0.25) is 0 Å². The Kier molecular flexibility index (Phi) is 9.24. The van der Waals surface area contributed by atoms with Gasteiger partial charge in [-0.1, -0.05) is 0 Å². The third-order valence-electron chi connectivity index (χ3n) is 1.37. The Morgan fingerprint density at radius 2 is 1.89 bits per heavy atom. The number of hydrogen-bond acceptors (Lipinski definition) is 0. The summed E-state index contributed by atoms with van der Waals surface area (Å²) in [5.41, 5.74) is 0. The molecule has 0 aliphatic carbocycles. The van der Waals surface area contributed by atoms with E-state index in [1.165, 1.54) is 25.7 Å². The van der Waals surface area contributed by atoms with E-state index in [0.717, 1.165) is 7.24 Å². The van der Waals surface area contributed by atoms with Crippen molar-refractivity contribution in [2.75, 3.05) is 0 Å². The molecule has 0 radical (unpaired) electrons. The zero-order valence-corrected chi connectivity index (χ0v) is 8.62. The summed E-state index contributed by atoms with van der Waals surface area (Å²) in [5.74, 6) is 0. The van der Waals surface area contributed by atoms with Gasteiger partial charge in [-0.25, -0.2) is 0 Å². The van der Waals surface area contributed by atoms with E-state index < -0.39 is 0 Å². The summed E-state index contributed by atoms with van der Waals surface area (Å²) in [4.78, 5) is 0. The maximum atomic E-state index is 7.47. The summed E-state index contributed by atoms with van der Waals surface area (Å²) in [6.45, 7) is 2.22. The Bertz CT molecular complexity index is 66.3. The molecule has 0 rings (SSSR count). The van der Waals surface area contributed by atoms with Crippen LogP contribution in [0, 0.1) is 47.0 Å². The molecule has 0 heterocycles. The Labute approximate surface area is 93.3 Å². The molecule has 0 fully saturated rings. The first-order chi connectivity index (χ1) is 4.81. The Hall–Kier alpha value is 1.58. The van der Waals surface area contributed by atoms with Gasteiger partial charge in [-0.2, -0.15) is 0 Å². The summed E-state index contributed by atoms with van der Waals surface area (Å²) in [6, 6.07) is 0. The van der Waals surface area contributed by atoms with Gasteiger partial charge in [-0.05, 0) is 0 Å². The van der Waals surface area contributed by atoms with Crippen LogP contribution in [0.4, 0.5) is 0 Å². The van der Waals surface area contributed by atoms with Crippen LogP contribution in [-0.2, 0) is 0 Å². The van der Waals surface area contributed by atoms with Gasteiger partial charge in [0.05, 0.1) is 0 Å². The minimum atomic E-state index is 0.230.